The van der Waals surface area contributed by atoms with Gasteiger partial charge in [0.05, 0.1) is 11.6 Å². The van der Waals surface area contributed by atoms with Gasteiger partial charge in [-0.2, -0.15) is 0 Å². The molecular weight excluding hydrogens is 302 g/mol. The molecule has 3 N–H and O–H groups in total. The highest BCUT2D eigenvalue weighted by atomic mass is 16.2. The van der Waals surface area contributed by atoms with Crippen molar-refractivity contribution in [3.05, 3.63) is 42.1 Å². The molecule has 1 saturated carbocycles. The number of aryl methyl sites for hydroxylation is 1. The van der Waals surface area contributed by atoms with Gasteiger partial charge in [0.15, 0.2) is 5.82 Å². The van der Waals surface area contributed by atoms with E-state index in [0.29, 0.717) is 11.7 Å². The predicted octanol–water partition coefficient (Wildman–Crippen LogP) is 2.01. The Hall–Kier alpha value is -2.18. The van der Waals surface area contributed by atoms with Gasteiger partial charge in [-0.25, -0.2) is 4.68 Å². The molecule has 1 saturated heterocycles. The van der Waals surface area contributed by atoms with Gasteiger partial charge >= 0.3 is 0 Å². The molecule has 1 aromatic carbocycles. The Bertz CT molecular complexity index is 726. The van der Waals surface area contributed by atoms with Crippen LogP contribution >= 0.6 is 0 Å². The van der Waals surface area contributed by atoms with E-state index in [9.17, 15) is 4.79 Å². The van der Waals surface area contributed by atoms with Gasteiger partial charge in [0.25, 0.3) is 0 Å². The molecular formula is C18H23N5O. The molecule has 6 nitrogen and oxygen atoms in total. The van der Waals surface area contributed by atoms with Crippen molar-refractivity contribution >= 4 is 11.7 Å². The van der Waals surface area contributed by atoms with E-state index in [1.807, 2.05) is 48.1 Å². The molecule has 1 amide bonds. The van der Waals surface area contributed by atoms with Crippen molar-refractivity contribution in [2.24, 2.45) is 11.8 Å². The van der Waals surface area contributed by atoms with E-state index in [2.05, 4.69) is 21.3 Å². The molecule has 1 aliphatic heterocycles. The maximum Gasteiger partial charge on any atom is 0.230 e. The van der Waals surface area contributed by atoms with Crippen LogP contribution < -0.4 is 16.2 Å². The number of hydrogen-bond donors (Lipinski definition) is 3. The van der Waals surface area contributed by atoms with Crippen LogP contribution in [0.5, 0.6) is 0 Å². The molecule has 2 aromatic rings. The van der Waals surface area contributed by atoms with Gasteiger partial charge in [-0.1, -0.05) is 24.6 Å². The van der Waals surface area contributed by atoms with E-state index < -0.39 is 0 Å². The zero-order valence-corrected chi connectivity index (χ0v) is 13.8. The Morgan fingerprint density at radius 3 is 2.96 bits per heavy atom. The highest BCUT2D eigenvalue weighted by Gasteiger charge is 2.40. The van der Waals surface area contributed by atoms with Gasteiger partial charge in [-0.05, 0) is 37.8 Å². The maximum atomic E-state index is 12.8. The topological polar surface area (TPSA) is 71.0 Å². The molecule has 2 aliphatic rings. The zero-order valence-electron chi connectivity index (χ0n) is 13.8. The Balaban J connectivity index is 1.51. The van der Waals surface area contributed by atoms with Crippen LogP contribution in [0.4, 0.5) is 5.82 Å². The van der Waals surface area contributed by atoms with Crippen LogP contribution in [0.1, 0.15) is 24.8 Å². The lowest BCUT2D eigenvalue weighted by molar-refractivity contribution is -0.122. The number of aromatic nitrogens is 2. The lowest BCUT2D eigenvalue weighted by Crippen LogP contribution is -2.45. The third-order valence-electron chi connectivity index (χ3n) is 5.16. The Morgan fingerprint density at radius 1 is 1.29 bits per heavy atom. The van der Waals surface area contributed by atoms with E-state index in [1.165, 1.54) is 6.42 Å². The van der Waals surface area contributed by atoms with E-state index in [0.717, 1.165) is 30.6 Å². The molecule has 6 heteroatoms. The average Bonchev–Trinajstić information content (AvgIpc) is 3.22. The fourth-order valence-corrected chi connectivity index (χ4v) is 3.84. The van der Waals surface area contributed by atoms with E-state index in [1.54, 1.807) is 0 Å². The van der Waals surface area contributed by atoms with E-state index in [4.69, 9.17) is 0 Å². The van der Waals surface area contributed by atoms with Gasteiger partial charge in [0.1, 0.15) is 0 Å². The molecule has 1 aliphatic carbocycles. The normalized spacial score (nSPS) is 26.1. The van der Waals surface area contributed by atoms with Gasteiger partial charge in [-0.3, -0.25) is 15.6 Å². The summed E-state index contributed by atoms with van der Waals surface area (Å²) in [5, 5.41) is 7.59. The summed E-state index contributed by atoms with van der Waals surface area (Å²) in [5.74, 6) is 1.27. The van der Waals surface area contributed by atoms with Crippen LogP contribution in [0.15, 0.2) is 36.5 Å². The smallest absolute Gasteiger partial charge is 0.230 e. The summed E-state index contributed by atoms with van der Waals surface area (Å²) in [5.41, 5.74) is 8.44. The fourth-order valence-electron chi connectivity index (χ4n) is 3.84. The fraction of sp³-hybridized carbons (Fsp3) is 0.444. The summed E-state index contributed by atoms with van der Waals surface area (Å²) in [6, 6.07) is 10.2. The molecule has 2 heterocycles. The summed E-state index contributed by atoms with van der Waals surface area (Å²) in [7, 11) is 0. The van der Waals surface area contributed by atoms with Gasteiger partial charge in [0, 0.05) is 24.3 Å². The largest absolute Gasteiger partial charge is 0.309 e. The second-order valence-corrected chi connectivity index (χ2v) is 6.78. The number of hydrazine groups is 1. The summed E-state index contributed by atoms with van der Waals surface area (Å²) < 4.78 is 1.81. The van der Waals surface area contributed by atoms with Crippen molar-refractivity contribution in [3.63, 3.8) is 0 Å². The summed E-state index contributed by atoms with van der Waals surface area (Å²) >= 11 is 0. The SMILES string of the molecule is Cc1cn(-c2ccccc2)nc1NC(=O)C1CCCC2CNNC21. The molecule has 4 rings (SSSR count). The van der Waals surface area contributed by atoms with E-state index >= 15 is 0 Å². The Labute approximate surface area is 141 Å². The first-order valence-electron chi connectivity index (χ1n) is 8.63. The summed E-state index contributed by atoms with van der Waals surface area (Å²) in [6.07, 6.45) is 5.18. The number of fused-ring (bicyclic) bond motifs is 1. The third-order valence-corrected chi connectivity index (χ3v) is 5.16. The van der Waals surface area contributed by atoms with Crippen LogP contribution in [0.25, 0.3) is 5.69 Å². The second-order valence-electron chi connectivity index (χ2n) is 6.78. The molecule has 0 radical (unpaired) electrons. The number of carbonyl (C=O) groups excluding carboxylic acids is 1. The average molecular weight is 325 g/mol. The zero-order chi connectivity index (χ0) is 16.5. The van der Waals surface area contributed by atoms with Crippen molar-refractivity contribution in [3.8, 4) is 5.69 Å². The first-order valence-corrected chi connectivity index (χ1v) is 8.63. The molecule has 3 atom stereocenters. The third kappa shape index (κ3) is 2.83. The minimum absolute atomic E-state index is 0.0000234. The van der Waals surface area contributed by atoms with Gasteiger partial charge in [0.2, 0.25) is 5.91 Å². The van der Waals surface area contributed by atoms with E-state index in [-0.39, 0.29) is 17.9 Å². The number of rotatable bonds is 3. The van der Waals surface area contributed by atoms with Crippen LogP contribution in [-0.4, -0.2) is 28.3 Å². The maximum absolute atomic E-state index is 12.8. The Morgan fingerprint density at radius 2 is 2.12 bits per heavy atom. The summed E-state index contributed by atoms with van der Waals surface area (Å²) in [6.45, 7) is 2.93. The van der Waals surface area contributed by atoms with Crippen molar-refractivity contribution in [1.29, 1.82) is 0 Å². The molecule has 1 aromatic heterocycles. The standard InChI is InChI=1S/C18H23N5O/c1-12-11-23(14-7-3-2-4-8-14)22-17(12)20-18(24)15-9-5-6-13-10-19-21-16(13)15/h2-4,7-8,11,13,15-16,19,21H,5-6,9-10H2,1H3,(H,20,22,24). The summed E-state index contributed by atoms with van der Waals surface area (Å²) in [4.78, 5) is 12.8. The lowest BCUT2D eigenvalue weighted by Gasteiger charge is -2.31. The van der Waals surface area contributed by atoms with Crippen molar-refractivity contribution in [2.75, 3.05) is 11.9 Å². The number of anilines is 1. The number of nitrogens with zero attached hydrogens (tertiary/aromatic N) is 2. The quantitative estimate of drug-likeness (QED) is 0.807. The van der Waals surface area contributed by atoms with Gasteiger partial charge < -0.3 is 5.32 Å². The molecule has 0 spiro atoms. The number of nitrogens with one attached hydrogen (secondary N) is 3. The number of carbonyl (C=O) groups is 1. The minimum Gasteiger partial charge on any atom is -0.309 e. The van der Waals surface area contributed by atoms with Crippen LogP contribution in [0.3, 0.4) is 0 Å². The molecule has 24 heavy (non-hydrogen) atoms. The predicted molar refractivity (Wildman–Crippen MR) is 92.7 cm³/mol. The first-order chi connectivity index (χ1) is 11.7. The van der Waals surface area contributed by atoms with Gasteiger partial charge in [-0.15, -0.1) is 5.10 Å². The number of para-hydroxylation sites is 1. The van der Waals surface area contributed by atoms with Crippen LogP contribution in [0, 0.1) is 18.8 Å². The van der Waals surface area contributed by atoms with Crippen molar-refractivity contribution in [1.82, 2.24) is 20.6 Å². The van der Waals surface area contributed by atoms with Crippen molar-refractivity contribution < 1.29 is 4.79 Å². The second kappa shape index (κ2) is 6.37. The van der Waals surface area contributed by atoms with Crippen LogP contribution in [0.2, 0.25) is 0 Å². The highest BCUT2D eigenvalue weighted by molar-refractivity contribution is 5.92. The minimum atomic E-state index is 0.0000234. The number of amides is 1. The molecule has 0 bridgehead atoms. The molecule has 2 fully saturated rings. The monoisotopic (exact) mass is 325 g/mol. The first kappa shape index (κ1) is 15.4. The van der Waals surface area contributed by atoms with Crippen molar-refractivity contribution in [2.45, 2.75) is 32.2 Å². The molecule has 126 valence electrons. The number of hydrogen-bond acceptors (Lipinski definition) is 4. The number of benzene rings is 1. The lowest BCUT2D eigenvalue weighted by atomic mass is 9.77. The van der Waals surface area contributed by atoms with Crippen LogP contribution in [-0.2, 0) is 4.79 Å². The molecule has 3 unspecified atom stereocenters. The highest BCUT2D eigenvalue weighted by Crippen LogP contribution is 2.32. The Kier molecular flexibility index (Phi) is 4.08.